The Labute approximate surface area is 240 Å². The Morgan fingerprint density at radius 3 is 2.48 bits per heavy atom. The Hall–Kier alpha value is -5.22. The second kappa shape index (κ2) is 9.71. The first-order valence-corrected chi connectivity index (χ1v) is 13.6. The molecule has 1 aliphatic heterocycles. The molecule has 6 aromatic rings. The van der Waals surface area contributed by atoms with Gasteiger partial charge in [-0.3, -0.25) is 0 Å². The van der Waals surface area contributed by atoms with E-state index in [4.69, 9.17) is 0 Å². The monoisotopic (exact) mass is 558 g/mol. The SMILES string of the molecule is CN1c2ccccc2CC1c1c[nH]c2ccc(-c3cc(C=C(C#N)c4c[nH]c5ccccc45)ccc3C(F)(F)F)cc12. The molecular weight excluding hydrogens is 533 g/mol. The number of nitrogens with one attached hydrogen (secondary N) is 2. The van der Waals surface area contributed by atoms with Crippen LogP contribution in [0, 0.1) is 11.3 Å². The van der Waals surface area contributed by atoms with Gasteiger partial charge in [-0.25, -0.2) is 0 Å². The maximum atomic E-state index is 14.3. The number of halogens is 3. The number of allylic oxidation sites excluding steroid dienone is 1. The molecular formula is C35H25F3N4. The molecule has 0 fully saturated rings. The summed E-state index contributed by atoms with van der Waals surface area (Å²) < 4.78 is 42.9. The number of hydrogen-bond acceptors (Lipinski definition) is 2. The van der Waals surface area contributed by atoms with Crippen LogP contribution in [-0.2, 0) is 12.6 Å². The molecule has 4 nitrogen and oxygen atoms in total. The van der Waals surface area contributed by atoms with Crippen LogP contribution < -0.4 is 4.90 Å². The highest BCUT2D eigenvalue weighted by Crippen LogP contribution is 2.43. The van der Waals surface area contributed by atoms with Gasteiger partial charge in [0.05, 0.1) is 23.2 Å². The third kappa shape index (κ3) is 4.24. The van der Waals surface area contributed by atoms with Crippen LogP contribution in [-0.4, -0.2) is 17.0 Å². The van der Waals surface area contributed by atoms with Crippen molar-refractivity contribution in [1.29, 1.82) is 5.26 Å². The van der Waals surface area contributed by atoms with Gasteiger partial charge in [0.25, 0.3) is 0 Å². The highest BCUT2D eigenvalue weighted by molar-refractivity contribution is 6.01. The summed E-state index contributed by atoms with van der Waals surface area (Å²) in [6, 6.07) is 27.6. The molecule has 1 atom stereocenters. The fourth-order valence-corrected chi connectivity index (χ4v) is 6.21. The van der Waals surface area contributed by atoms with E-state index in [1.54, 1.807) is 18.3 Å². The number of para-hydroxylation sites is 2. The Kier molecular flexibility index (Phi) is 5.95. The number of fused-ring (bicyclic) bond motifs is 3. The van der Waals surface area contributed by atoms with Crippen molar-refractivity contribution in [3.05, 3.63) is 125 Å². The van der Waals surface area contributed by atoms with Gasteiger partial charge in [0.15, 0.2) is 0 Å². The Balaban J connectivity index is 1.34. The zero-order chi connectivity index (χ0) is 29.0. The van der Waals surface area contributed by atoms with Gasteiger partial charge in [-0.2, -0.15) is 18.4 Å². The Morgan fingerprint density at radius 1 is 0.905 bits per heavy atom. The summed E-state index contributed by atoms with van der Waals surface area (Å²) in [6.45, 7) is 0. The minimum Gasteiger partial charge on any atom is -0.367 e. The third-order valence-electron chi connectivity index (χ3n) is 8.30. The zero-order valence-electron chi connectivity index (χ0n) is 22.6. The van der Waals surface area contributed by atoms with Crippen LogP contribution in [0.5, 0.6) is 0 Å². The van der Waals surface area contributed by atoms with Crippen molar-refractivity contribution in [2.45, 2.75) is 18.6 Å². The van der Waals surface area contributed by atoms with Crippen molar-refractivity contribution in [3.8, 4) is 17.2 Å². The van der Waals surface area contributed by atoms with Gasteiger partial charge in [0.1, 0.15) is 0 Å². The number of alkyl halides is 3. The number of likely N-dealkylation sites (N-methyl/N-ethyl adjacent to an activating group) is 1. The number of rotatable bonds is 4. The molecule has 0 saturated heterocycles. The van der Waals surface area contributed by atoms with Gasteiger partial charge in [0.2, 0.25) is 0 Å². The van der Waals surface area contributed by atoms with Crippen molar-refractivity contribution in [1.82, 2.24) is 9.97 Å². The van der Waals surface area contributed by atoms with Crippen LogP contribution >= 0.6 is 0 Å². The van der Waals surface area contributed by atoms with E-state index in [1.807, 2.05) is 54.7 Å². The van der Waals surface area contributed by atoms with Crippen molar-refractivity contribution < 1.29 is 13.2 Å². The molecule has 0 amide bonds. The van der Waals surface area contributed by atoms with Crippen molar-refractivity contribution >= 4 is 39.1 Å². The van der Waals surface area contributed by atoms with Crippen LogP contribution in [0.3, 0.4) is 0 Å². The minimum atomic E-state index is -4.55. The number of hydrogen-bond donors (Lipinski definition) is 2. The summed E-state index contributed by atoms with van der Waals surface area (Å²) in [5.74, 6) is 0. The van der Waals surface area contributed by atoms with Gasteiger partial charge in [-0.05, 0) is 71.1 Å². The zero-order valence-corrected chi connectivity index (χ0v) is 22.6. The summed E-state index contributed by atoms with van der Waals surface area (Å²) >= 11 is 0. The molecule has 1 aliphatic rings. The molecule has 0 radical (unpaired) electrons. The van der Waals surface area contributed by atoms with Crippen molar-refractivity contribution in [2.24, 2.45) is 0 Å². The molecule has 3 heterocycles. The van der Waals surface area contributed by atoms with E-state index in [0.717, 1.165) is 45.5 Å². The molecule has 0 bridgehead atoms. The second-order valence-electron chi connectivity index (χ2n) is 10.7. The number of benzene rings is 4. The molecule has 1 unspecified atom stereocenters. The van der Waals surface area contributed by atoms with E-state index in [-0.39, 0.29) is 11.6 Å². The second-order valence-corrected chi connectivity index (χ2v) is 10.7. The van der Waals surface area contributed by atoms with Crippen molar-refractivity contribution in [2.75, 3.05) is 11.9 Å². The quantitative estimate of drug-likeness (QED) is 0.212. The number of nitriles is 1. The van der Waals surface area contributed by atoms with Crippen LogP contribution in [0.15, 0.2) is 97.3 Å². The molecule has 206 valence electrons. The first-order chi connectivity index (χ1) is 20.3. The molecule has 0 spiro atoms. The van der Waals surface area contributed by atoms with E-state index in [2.05, 4.69) is 40.1 Å². The van der Waals surface area contributed by atoms with E-state index in [9.17, 15) is 18.4 Å². The van der Waals surface area contributed by atoms with Gasteiger partial charge in [0, 0.05) is 58.1 Å². The molecule has 42 heavy (non-hydrogen) atoms. The predicted molar refractivity (Wildman–Crippen MR) is 162 cm³/mol. The first-order valence-electron chi connectivity index (χ1n) is 13.6. The molecule has 0 aliphatic carbocycles. The topological polar surface area (TPSA) is 58.6 Å². The lowest BCUT2D eigenvalue weighted by molar-refractivity contribution is -0.137. The van der Waals surface area contributed by atoms with Gasteiger partial charge in [-0.15, -0.1) is 0 Å². The average molecular weight is 559 g/mol. The van der Waals surface area contributed by atoms with Crippen LogP contribution in [0.2, 0.25) is 0 Å². The fraction of sp³-hybridized carbons (Fsp3) is 0.114. The van der Waals surface area contributed by atoms with E-state index >= 15 is 0 Å². The van der Waals surface area contributed by atoms with Crippen LogP contribution in [0.25, 0.3) is 44.6 Å². The highest BCUT2D eigenvalue weighted by atomic mass is 19.4. The maximum absolute atomic E-state index is 14.3. The number of anilines is 1. The fourth-order valence-electron chi connectivity index (χ4n) is 6.21. The van der Waals surface area contributed by atoms with Gasteiger partial charge >= 0.3 is 6.18 Å². The van der Waals surface area contributed by atoms with Gasteiger partial charge < -0.3 is 14.9 Å². The maximum Gasteiger partial charge on any atom is 0.417 e. The largest absolute Gasteiger partial charge is 0.417 e. The normalized spacial score (nSPS) is 15.4. The number of aromatic amines is 2. The molecule has 2 N–H and O–H groups in total. The first kappa shape index (κ1) is 25.7. The van der Waals surface area contributed by atoms with Crippen molar-refractivity contribution in [3.63, 3.8) is 0 Å². The lowest BCUT2D eigenvalue weighted by Gasteiger charge is -2.22. The van der Waals surface area contributed by atoms with Gasteiger partial charge in [-0.1, -0.05) is 48.5 Å². The molecule has 0 saturated carbocycles. The van der Waals surface area contributed by atoms with Crippen LogP contribution in [0.1, 0.15) is 33.9 Å². The number of H-pyrrole nitrogens is 2. The average Bonchev–Trinajstić information content (AvgIpc) is 3.70. The Morgan fingerprint density at radius 2 is 1.67 bits per heavy atom. The standard InChI is InChI=1S/C35H25F3N4/c1-42-33-9-5-2-6-23(33)17-34(42)29-20-41-32-13-11-22(16-27(29)32)26-15-21(10-12-30(26)35(36,37)38)14-24(18-39)28-19-40-31-8-4-3-7-25(28)31/h2-16,19-20,34,40-41H,17H2,1H3. The highest BCUT2D eigenvalue weighted by Gasteiger charge is 2.34. The number of nitrogens with zero attached hydrogens (tertiary/aromatic N) is 2. The predicted octanol–water partition coefficient (Wildman–Crippen LogP) is 9.13. The summed E-state index contributed by atoms with van der Waals surface area (Å²) in [5.41, 5.74) is 6.61. The molecule has 7 rings (SSSR count). The Bertz CT molecular complexity index is 2050. The van der Waals surface area contributed by atoms with E-state index < -0.39 is 11.7 Å². The molecule has 4 aromatic carbocycles. The smallest absolute Gasteiger partial charge is 0.367 e. The summed E-state index contributed by atoms with van der Waals surface area (Å²) in [4.78, 5) is 8.70. The summed E-state index contributed by atoms with van der Waals surface area (Å²) in [5, 5.41) is 11.8. The van der Waals surface area contributed by atoms with Crippen LogP contribution in [0.4, 0.5) is 18.9 Å². The third-order valence-corrected chi connectivity index (χ3v) is 8.30. The lowest BCUT2D eigenvalue weighted by Crippen LogP contribution is -2.19. The lowest BCUT2D eigenvalue weighted by atomic mass is 9.93. The summed E-state index contributed by atoms with van der Waals surface area (Å²) in [7, 11) is 2.05. The summed E-state index contributed by atoms with van der Waals surface area (Å²) in [6.07, 6.45) is 1.64. The van der Waals surface area contributed by atoms with E-state index in [1.165, 1.54) is 17.7 Å². The molecule has 2 aromatic heterocycles. The van der Waals surface area contributed by atoms with E-state index in [0.29, 0.717) is 22.3 Å². The minimum absolute atomic E-state index is 0.0668. The number of aromatic nitrogens is 2. The molecule has 7 heteroatoms.